The van der Waals surface area contributed by atoms with Crippen molar-refractivity contribution in [2.45, 2.75) is 19.9 Å². The number of thiazole rings is 1. The van der Waals surface area contributed by atoms with Crippen molar-refractivity contribution in [1.82, 2.24) is 14.8 Å². The average Bonchev–Trinajstić information content (AvgIpc) is 2.97. The molecule has 0 spiro atoms. The third kappa shape index (κ3) is 3.40. The van der Waals surface area contributed by atoms with Crippen LogP contribution in [0.2, 0.25) is 0 Å². The van der Waals surface area contributed by atoms with Crippen LogP contribution in [0.25, 0.3) is 0 Å². The molecule has 2 rings (SSSR count). The molecule has 2 aromatic heterocycles. The second-order valence-electron chi connectivity index (χ2n) is 3.72. The second kappa shape index (κ2) is 6.40. The van der Waals surface area contributed by atoms with Crippen molar-refractivity contribution in [2.75, 3.05) is 6.61 Å². The van der Waals surface area contributed by atoms with Gasteiger partial charge in [-0.1, -0.05) is 0 Å². The summed E-state index contributed by atoms with van der Waals surface area (Å²) in [5, 5.41) is 6.05. The summed E-state index contributed by atoms with van der Waals surface area (Å²) in [6, 6.07) is 0. The van der Waals surface area contributed by atoms with E-state index in [4.69, 9.17) is 4.74 Å². The van der Waals surface area contributed by atoms with Gasteiger partial charge in [-0.2, -0.15) is 13.9 Å². The Balaban J connectivity index is 2.31. The van der Waals surface area contributed by atoms with Gasteiger partial charge in [0.15, 0.2) is 5.69 Å². The Bertz CT molecular complexity index is 615. The first-order valence-electron chi connectivity index (χ1n) is 5.64. The molecule has 0 aliphatic rings. The van der Waals surface area contributed by atoms with E-state index in [2.05, 4.69) is 26.0 Å². The third-order valence-electron chi connectivity index (χ3n) is 2.34. The van der Waals surface area contributed by atoms with Crippen LogP contribution in [0.15, 0.2) is 16.2 Å². The van der Waals surface area contributed by atoms with Crippen molar-refractivity contribution in [3.8, 4) is 0 Å². The van der Waals surface area contributed by atoms with Crippen LogP contribution in [-0.4, -0.2) is 27.3 Å². The fourth-order valence-corrected chi connectivity index (χ4v) is 2.85. The zero-order valence-electron chi connectivity index (χ0n) is 10.3. The van der Waals surface area contributed by atoms with Gasteiger partial charge in [0.05, 0.1) is 11.6 Å². The quantitative estimate of drug-likeness (QED) is 0.763. The van der Waals surface area contributed by atoms with Crippen molar-refractivity contribution in [2.24, 2.45) is 0 Å². The second-order valence-corrected chi connectivity index (χ2v) is 5.48. The van der Waals surface area contributed by atoms with Crippen molar-refractivity contribution in [1.29, 1.82) is 0 Å². The highest BCUT2D eigenvalue weighted by Crippen LogP contribution is 2.22. The van der Waals surface area contributed by atoms with E-state index in [1.165, 1.54) is 11.3 Å². The number of nitrogens with zero attached hydrogens (tertiary/aromatic N) is 3. The Labute approximate surface area is 125 Å². The molecule has 2 heterocycles. The summed E-state index contributed by atoms with van der Waals surface area (Å²) in [6.07, 6.45) is 1.39. The molecule has 0 aliphatic heterocycles. The van der Waals surface area contributed by atoms with Crippen LogP contribution in [0.4, 0.5) is 8.78 Å². The Kier molecular flexibility index (Phi) is 4.81. The van der Waals surface area contributed by atoms with Gasteiger partial charge < -0.3 is 4.74 Å². The molecular formula is C11H10BrF2N3O2S. The normalized spacial score (nSPS) is 11.1. The fourth-order valence-electron chi connectivity index (χ4n) is 1.56. The molecule has 0 fully saturated rings. The molecule has 108 valence electrons. The topological polar surface area (TPSA) is 57.0 Å². The first kappa shape index (κ1) is 15.0. The minimum Gasteiger partial charge on any atom is -0.461 e. The molecule has 2 aromatic rings. The first-order valence-corrected chi connectivity index (χ1v) is 7.31. The number of ether oxygens (including phenoxy) is 1. The highest BCUT2D eigenvalue weighted by atomic mass is 79.9. The van der Waals surface area contributed by atoms with Crippen LogP contribution in [0.1, 0.15) is 34.5 Å². The number of carbonyl (C=O) groups excluding carboxylic acids is 1. The number of hydrogen-bond acceptors (Lipinski definition) is 5. The Morgan fingerprint density at radius 2 is 2.35 bits per heavy atom. The molecule has 0 bridgehead atoms. The molecule has 0 atom stereocenters. The average molecular weight is 366 g/mol. The van der Waals surface area contributed by atoms with Gasteiger partial charge in [0, 0.05) is 23.6 Å². The Hall–Kier alpha value is -1.35. The van der Waals surface area contributed by atoms with E-state index in [0.717, 1.165) is 6.20 Å². The van der Waals surface area contributed by atoms with Crippen LogP contribution in [-0.2, 0) is 11.2 Å². The third-order valence-corrected chi connectivity index (χ3v) is 3.90. The van der Waals surface area contributed by atoms with Crippen LogP contribution in [0, 0.1) is 0 Å². The molecule has 0 saturated heterocycles. The lowest BCUT2D eigenvalue weighted by Crippen LogP contribution is -2.09. The van der Waals surface area contributed by atoms with E-state index in [1.54, 1.807) is 12.3 Å². The van der Waals surface area contributed by atoms with Gasteiger partial charge in [-0.15, -0.1) is 11.3 Å². The van der Waals surface area contributed by atoms with Crippen LogP contribution < -0.4 is 0 Å². The molecule has 0 amide bonds. The van der Waals surface area contributed by atoms with Gasteiger partial charge in [0.1, 0.15) is 4.60 Å². The predicted molar refractivity (Wildman–Crippen MR) is 72.1 cm³/mol. The highest BCUT2D eigenvalue weighted by molar-refractivity contribution is 9.10. The molecule has 9 heteroatoms. The van der Waals surface area contributed by atoms with Crippen LogP contribution in [0.5, 0.6) is 0 Å². The molecule has 0 N–H and O–H groups in total. The summed E-state index contributed by atoms with van der Waals surface area (Å²) >= 11 is 4.57. The Morgan fingerprint density at radius 3 is 2.90 bits per heavy atom. The maximum atomic E-state index is 12.7. The van der Waals surface area contributed by atoms with Crippen LogP contribution in [0.3, 0.4) is 0 Å². The van der Waals surface area contributed by atoms with E-state index in [0.29, 0.717) is 19.9 Å². The summed E-state index contributed by atoms with van der Waals surface area (Å²) in [7, 11) is 0. The van der Waals surface area contributed by atoms with Gasteiger partial charge in [-0.3, -0.25) is 0 Å². The number of carbonyl (C=O) groups is 1. The molecule has 0 saturated carbocycles. The zero-order valence-corrected chi connectivity index (χ0v) is 12.7. The monoisotopic (exact) mass is 365 g/mol. The molecular weight excluding hydrogens is 356 g/mol. The zero-order chi connectivity index (χ0) is 14.7. The summed E-state index contributed by atoms with van der Waals surface area (Å²) in [5.74, 6) is -0.711. The SMILES string of the molecule is CCOC(=O)c1nn(C(F)F)cc1Cc1nc(Br)cs1. The number of hydrogen-bond donors (Lipinski definition) is 0. The molecule has 0 unspecified atom stereocenters. The van der Waals surface area contributed by atoms with E-state index in [9.17, 15) is 13.6 Å². The molecule has 5 nitrogen and oxygen atoms in total. The van der Waals surface area contributed by atoms with Crippen LogP contribution >= 0.6 is 27.3 Å². The van der Waals surface area contributed by atoms with Gasteiger partial charge in [0.2, 0.25) is 0 Å². The van der Waals surface area contributed by atoms with Gasteiger partial charge in [0.25, 0.3) is 0 Å². The summed E-state index contributed by atoms with van der Waals surface area (Å²) in [5.41, 5.74) is 0.268. The predicted octanol–water partition coefficient (Wildman–Crippen LogP) is 3.26. The number of esters is 1. The first-order chi connectivity index (χ1) is 9.51. The van der Waals surface area contributed by atoms with Gasteiger partial charge in [-0.25, -0.2) is 14.5 Å². The van der Waals surface area contributed by atoms with E-state index in [1.807, 2.05) is 0 Å². The number of halogens is 3. The van der Waals surface area contributed by atoms with Gasteiger partial charge in [-0.05, 0) is 22.9 Å². The lowest BCUT2D eigenvalue weighted by atomic mass is 10.2. The smallest absolute Gasteiger partial charge is 0.359 e. The van der Waals surface area contributed by atoms with Crippen molar-refractivity contribution >= 4 is 33.2 Å². The number of alkyl halides is 2. The minimum atomic E-state index is -2.81. The number of aromatic nitrogens is 3. The maximum absolute atomic E-state index is 12.7. The lowest BCUT2D eigenvalue weighted by Gasteiger charge is -2.00. The van der Waals surface area contributed by atoms with E-state index < -0.39 is 12.5 Å². The fraction of sp³-hybridized carbons (Fsp3) is 0.364. The van der Waals surface area contributed by atoms with Crippen molar-refractivity contribution in [3.63, 3.8) is 0 Å². The lowest BCUT2D eigenvalue weighted by molar-refractivity contribution is 0.0480. The highest BCUT2D eigenvalue weighted by Gasteiger charge is 2.21. The molecule has 0 aromatic carbocycles. The van der Waals surface area contributed by atoms with E-state index in [-0.39, 0.29) is 18.7 Å². The molecule has 20 heavy (non-hydrogen) atoms. The van der Waals surface area contributed by atoms with E-state index >= 15 is 0 Å². The minimum absolute atomic E-state index is 0.0986. The molecule has 0 aliphatic carbocycles. The van der Waals surface area contributed by atoms with Gasteiger partial charge >= 0.3 is 12.5 Å². The molecule has 0 radical (unpaired) electrons. The van der Waals surface area contributed by atoms with Crippen molar-refractivity contribution in [3.05, 3.63) is 32.4 Å². The maximum Gasteiger partial charge on any atom is 0.359 e. The standard InChI is InChI=1S/C11H10BrF2N3O2S/c1-2-19-10(18)9-6(4-17(16-9)11(13)14)3-8-15-7(12)5-20-8/h4-5,11H,2-3H2,1H3. The summed E-state index contributed by atoms with van der Waals surface area (Å²) < 4.78 is 31.3. The largest absolute Gasteiger partial charge is 0.461 e. The van der Waals surface area contributed by atoms with Crippen molar-refractivity contribution < 1.29 is 18.3 Å². The summed E-state index contributed by atoms with van der Waals surface area (Å²) in [4.78, 5) is 15.9. The Morgan fingerprint density at radius 1 is 1.60 bits per heavy atom. The summed E-state index contributed by atoms with van der Waals surface area (Å²) in [6.45, 7) is -1.01. The number of rotatable bonds is 5.